The third kappa shape index (κ3) is 3.44. The van der Waals surface area contributed by atoms with Gasteiger partial charge in [0, 0.05) is 58.5 Å². The maximum atomic E-state index is 2.49. The quantitative estimate of drug-likeness (QED) is 0.194. The van der Waals surface area contributed by atoms with Crippen LogP contribution in [0.1, 0.15) is 0 Å². The Morgan fingerprint density at radius 1 is 0.356 bits per heavy atom. The van der Waals surface area contributed by atoms with Gasteiger partial charge < -0.3 is 9.13 Å². The molecule has 7 aromatic carbocycles. The summed E-state index contributed by atoms with van der Waals surface area (Å²) in [6.45, 7) is 0. The van der Waals surface area contributed by atoms with Crippen molar-refractivity contribution in [1.82, 2.24) is 9.13 Å². The van der Waals surface area contributed by atoms with Crippen molar-refractivity contribution in [2.75, 3.05) is 0 Å². The van der Waals surface area contributed by atoms with Crippen LogP contribution in [-0.2, 0) is 0 Å². The number of aromatic nitrogens is 2. The zero-order chi connectivity index (χ0) is 29.5. The predicted octanol–water partition coefficient (Wildman–Crippen LogP) is 11.9. The van der Waals surface area contributed by atoms with E-state index in [0.29, 0.717) is 0 Å². The van der Waals surface area contributed by atoms with E-state index in [1.165, 1.54) is 86.3 Å². The molecule has 0 radical (unpaired) electrons. The van der Waals surface area contributed by atoms with E-state index in [9.17, 15) is 0 Å². The highest BCUT2D eigenvalue weighted by Gasteiger charge is 2.22. The summed E-state index contributed by atoms with van der Waals surface area (Å²) in [6.07, 6.45) is 0. The monoisotopic (exact) mass is 590 g/mol. The Kier molecular flexibility index (Phi) is 5.19. The lowest BCUT2D eigenvalue weighted by atomic mass is 10.0. The number of nitrogens with zero attached hydrogens (tertiary/aromatic N) is 2. The minimum Gasteiger partial charge on any atom is -0.309 e. The standard InChI is InChI=1S/C42H26N2S/c1-2-13-27(14-3-1)43-35-22-9-5-17-32(35)40-37(43)25-26-38-41(40)33-18-6-10-23-36(33)44(38)34-21-8-4-15-28(34)30-19-12-20-31-29-16-7-11-24-39(29)45-42(30)31/h1-26H. The second-order valence-electron chi connectivity index (χ2n) is 11.7. The van der Waals surface area contributed by atoms with Crippen molar-refractivity contribution in [3.05, 3.63) is 158 Å². The number of thiophene rings is 1. The highest BCUT2D eigenvalue weighted by Crippen LogP contribution is 2.45. The zero-order valence-corrected chi connectivity index (χ0v) is 25.1. The fourth-order valence-electron chi connectivity index (χ4n) is 7.49. The summed E-state index contributed by atoms with van der Waals surface area (Å²) >= 11 is 1.89. The highest BCUT2D eigenvalue weighted by molar-refractivity contribution is 7.26. The molecule has 0 unspecified atom stereocenters. The van der Waals surface area contributed by atoms with Crippen molar-refractivity contribution in [3.8, 4) is 22.5 Å². The molecule has 0 saturated heterocycles. The lowest BCUT2D eigenvalue weighted by molar-refractivity contribution is 1.17. The summed E-state index contributed by atoms with van der Waals surface area (Å²) in [5.74, 6) is 0. The molecule has 0 N–H and O–H groups in total. The fourth-order valence-corrected chi connectivity index (χ4v) is 8.72. The number of hydrogen-bond acceptors (Lipinski definition) is 1. The molecule has 0 spiro atoms. The Balaban J connectivity index is 1.34. The number of rotatable bonds is 3. The molecule has 0 amide bonds. The highest BCUT2D eigenvalue weighted by atomic mass is 32.1. The molecule has 2 nitrogen and oxygen atoms in total. The van der Waals surface area contributed by atoms with Gasteiger partial charge in [0.05, 0.1) is 27.8 Å². The van der Waals surface area contributed by atoms with Crippen LogP contribution in [0, 0.1) is 0 Å². The predicted molar refractivity (Wildman–Crippen MR) is 193 cm³/mol. The Labute approximate surface area is 263 Å². The van der Waals surface area contributed by atoms with Gasteiger partial charge in [0.2, 0.25) is 0 Å². The van der Waals surface area contributed by atoms with Crippen LogP contribution in [-0.4, -0.2) is 9.13 Å². The van der Waals surface area contributed by atoms with Gasteiger partial charge in [0.15, 0.2) is 0 Å². The van der Waals surface area contributed by atoms with Crippen molar-refractivity contribution >= 4 is 75.1 Å². The summed E-state index contributed by atoms with van der Waals surface area (Å²) in [5, 5.41) is 7.78. The second-order valence-corrected chi connectivity index (χ2v) is 12.7. The van der Waals surface area contributed by atoms with Gasteiger partial charge in [-0.3, -0.25) is 0 Å². The lowest BCUT2D eigenvalue weighted by Crippen LogP contribution is -1.97. The van der Waals surface area contributed by atoms with Crippen LogP contribution >= 0.6 is 11.3 Å². The van der Waals surface area contributed by atoms with Crippen molar-refractivity contribution < 1.29 is 0 Å². The van der Waals surface area contributed by atoms with Crippen LogP contribution in [0.15, 0.2) is 158 Å². The maximum absolute atomic E-state index is 2.49. The SMILES string of the molecule is c1ccc(-n2c3ccccc3c3c4c5ccccc5n(-c5ccccc5-c5cccc6c5sc5ccccc56)c4ccc32)cc1. The number of fused-ring (bicyclic) bond motifs is 10. The van der Waals surface area contributed by atoms with Crippen LogP contribution in [0.5, 0.6) is 0 Å². The van der Waals surface area contributed by atoms with E-state index in [0.717, 1.165) is 0 Å². The summed E-state index contributed by atoms with van der Waals surface area (Å²) in [6, 6.07) is 57.5. The molecular formula is C42H26N2S. The van der Waals surface area contributed by atoms with E-state index in [1.54, 1.807) is 0 Å². The average molecular weight is 591 g/mol. The van der Waals surface area contributed by atoms with E-state index < -0.39 is 0 Å². The Morgan fingerprint density at radius 3 is 1.69 bits per heavy atom. The van der Waals surface area contributed by atoms with Crippen LogP contribution in [0.3, 0.4) is 0 Å². The Hall–Kier alpha value is -5.64. The molecule has 3 heterocycles. The first-order valence-corrected chi connectivity index (χ1v) is 16.2. The molecule has 0 aliphatic heterocycles. The lowest BCUT2D eigenvalue weighted by Gasteiger charge is -2.15. The van der Waals surface area contributed by atoms with Gasteiger partial charge in [-0.05, 0) is 48.5 Å². The van der Waals surface area contributed by atoms with Crippen LogP contribution in [0.25, 0.3) is 86.3 Å². The van der Waals surface area contributed by atoms with E-state index in [-0.39, 0.29) is 0 Å². The third-order valence-electron chi connectivity index (χ3n) is 9.33. The summed E-state index contributed by atoms with van der Waals surface area (Å²) < 4.78 is 7.55. The molecule has 45 heavy (non-hydrogen) atoms. The van der Waals surface area contributed by atoms with E-state index >= 15 is 0 Å². The smallest absolute Gasteiger partial charge is 0.0549 e. The number of benzene rings is 7. The molecule has 10 aromatic rings. The van der Waals surface area contributed by atoms with Crippen molar-refractivity contribution in [2.45, 2.75) is 0 Å². The van der Waals surface area contributed by atoms with Crippen LogP contribution in [0.2, 0.25) is 0 Å². The van der Waals surface area contributed by atoms with Gasteiger partial charge in [-0.1, -0.05) is 109 Å². The van der Waals surface area contributed by atoms with Crippen molar-refractivity contribution in [2.24, 2.45) is 0 Å². The van der Waals surface area contributed by atoms with Gasteiger partial charge in [0.25, 0.3) is 0 Å². The molecule has 0 saturated carbocycles. The largest absolute Gasteiger partial charge is 0.309 e. The molecule has 0 atom stereocenters. The molecule has 0 fully saturated rings. The summed E-state index contributed by atoms with van der Waals surface area (Å²) in [7, 11) is 0. The summed E-state index contributed by atoms with van der Waals surface area (Å²) in [5.41, 5.74) is 9.76. The van der Waals surface area contributed by atoms with Gasteiger partial charge in [-0.25, -0.2) is 0 Å². The van der Waals surface area contributed by atoms with Crippen LogP contribution < -0.4 is 0 Å². The van der Waals surface area contributed by atoms with Crippen LogP contribution in [0.4, 0.5) is 0 Å². The van der Waals surface area contributed by atoms with E-state index in [1.807, 2.05) is 11.3 Å². The first kappa shape index (κ1) is 24.8. The van der Waals surface area contributed by atoms with E-state index in [2.05, 4.69) is 167 Å². The normalized spacial score (nSPS) is 12.0. The maximum Gasteiger partial charge on any atom is 0.0549 e. The first-order valence-electron chi connectivity index (χ1n) is 15.4. The van der Waals surface area contributed by atoms with Gasteiger partial charge in [0.1, 0.15) is 0 Å². The van der Waals surface area contributed by atoms with Crippen molar-refractivity contribution in [3.63, 3.8) is 0 Å². The molecular weight excluding hydrogens is 565 g/mol. The number of hydrogen-bond donors (Lipinski definition) is 0. The minimum absolute atomic E-state index is 1.17. The molecule has 3 aromatic heterocycles. The second kappa shape index (κ2) is 9.43. The van der Waals surface area contributed by atoms with Gasteiger partial charge in [-0.2, -0.15) is 0 Å². The zero-order valence-electron chi connectivity index (χ0n) is 24.3. The molecule has 210 valence electrons. The minimum atomic E-state index is 1.17. The molecule has 0 bridgehead atoms. The number of para-hydroxylation sites is 4. The molecule has 0 aliphatic carbocycles. The first-order chi connectivity index (χ1) is 22.4. The average Bonchev–Trinajstić information content (AvgIpc) is 3.76. The topological polar surface area (TPSA) is 9.86 Å². The van der Waals surface area contributed by atoms with Gasteiger partial charge in [-0.15, -0.1) is 11.3 Å². The third-order valence-corrected chi connectivity index (χ3v) is 10.5. The molecule has 3 heteroatoms. The Bertz CT molecular complexity index is 2760. The molecule has 0 aliphatic rings. The fraction of sp³-hybridized carbons (Fsp3) is 0. The Morgan fingerprint density at radius 2 is 0.911 bits per heavy atom. The molecule has 10 rings (SSSR count). The van der Waals surface area contributed by atoms with Crippen molar-refractivity contribution in [1.29, 1.82) is 0 Å². The summed E-state index contributed by atoms with van der Waals surface area (Å²) in [4.78, 5) is 0. The van der Waals surface area contributed by atoms with E-state index in [4.69, 9.17) is 0 Å². The van der Waals surface area contributed by atoms with Gasteiger partial charge >= 0.3 is 0 Å².